The Morgan fingerprint density at radius 3 is 1.69 bits per heavy atom. The van der Waals surface area contributed by atoms with Crippen LogP contribution in [0.15, 0.2) is 11.6 Å². The van der Waals surface area contributed by atoms with Crippen LogP contribution >= 0.6 is 0 Å². The van der Waals surface area contributed by atoms with Gasteiger partial charge in [-0.25, -0.2) is 0 Å². The molecule has 0 fully saturated rings. The van der Waals surface area contributed by atoms with Crippen LogP contribution in [0.3, 0.4) is 0 Å². The largest absolute Gasteiger partial charge is 0.469 e. The highest BCUT2D eigenvalue weighted by Gasteiger charge is 2.09. The molecule has 0 spiro atoms. The van der Waals surface area contributed by atoms with E-state index in [9.17, 15) is 9.59 Å². The van der Waals surface area contributed by atoms with Crippen molar-refractivity contribution < 1.29 is 19.1 Å². The zero-order chi connectivity index (χ0) is 10.3. The van der Waals surface area contributed by atoms with Gasteiger partial charge in [0.2, 0.25) is 0 Å². The number of carbonyl (C=O) groups is 2. The quantitative estimate of drug-likeness (QED) is 0.486. The van der Waals surface area contributed by atoms with Crippen molar-refractivity contribution in [3.05, 3.63) is 11.6 Å². The summed E-state index contributed by atoms with van der Waals surface area (Å²) in [6, 6.07) is 0. The molecule has 0 heterocycles. The second kappa shape index (κ2) is 6.22. The predicted molar refractivity (Wildman–Crippen MR) is 47.0 cm³/mol. The van der Waals surface area contributed by atoms with Crippen molar-refractivity contribution in [2.45, 2.75) is 19.8 Å². The number of esters is 2. The van der Waals surface area contributed by atoms with Crippen LogP contribution in [0.2, 0.25) is 0 Å². The summed E-state index contributed by atoms with van der Waals surface area (Å²) in [7, 11) is 2.63. The molecule has 0 bridgehead atoms. The SMILES string of the molecule is CC=C(CC(=O)OC)CC(=O)OC. The molecular weight excluding hydrogens is 172 g/mol. The number of hydrogen-bond donors (Lipinski definition) is 0. The van der Waals surface area contributed by atoms with E-state index >= 15 is 0 Å². The van der Waals surface area contributed by atoms with E-state index in [1.807, 2.05) is 0 Å². The summed E-state index contributed by atoms with van der Waals surface area (Å²) in [4.78, 5) is 21.7. The van der Waals surface area contributed by atoms with Crippen molar-refractivity contribution in [3.63, 3.8) is 0 Å². The molecule has 0 aliphatic heterocycles. The third kappa shape index (κ3) is 5.00. The number of allylic oxidation sites excluding steroid dienone is 1. The normalized spacial score (nSPS) is 8.85. The van der Waals surface area contributed by atoms with Gasteiger partial charge in [-0.15, -0.1) is 0 Å². The Kier molecular flexibility index (Phi) is 5.59. The third-order valence-corrected chi connectivity index (χ3v) is 1.61. The van der Waals surface area contributed by atoms with E-state index < -0.39 is 0 Å². The van der Waals surface area contributed by atoms with Gasteiger partial charge in [0, 0.05) is 0 Å². The molecular formula is C9H14O4. The highest BCUT2D eigenvalue weighted by molar-refractivity contribution is 5.77. The van der Waals surface area contributed by atoms with Gasteiger partial charge in [0.15, 0.2) is 0 Å². The second-order valence-electron chi connectivity index (χ2n) is 2.45. The van der Waals surface area contributed by atoms with Crippen molar-refractivity contribution in [2.75, 3.05) is 14.2 Å². The van der Waals surface area contributed by atoms with Crippen LogP contribution in [0.25, 0.3) is 0 Å². The topological polar surface area (TPSA) is 52.6 Å². The Morgan fingerprint density at radius 1 is 1.08 bits per heavy atom. The maximum atomic E-state index is 10.8. The first-order chi connectivity index (χ1) is 6.13. The zero-order valence-electron chi connectivity index (χ0n) is 8.12. The van der Waals surface area contributed by atoms with Crippen LogP contribution in [0.1, 0.15) is 19.8 Å². The van der Waals surface area contributed by atoms with Gasteiger partial charge in [-0.1, -0.05) is 11.6 Å². The fourth-order valence-electron chi connectivity index (χ4n) is 0.782. The third-order valence-electron chi connectivity index (χ3n) is 1.61. The van der Waals surface area contributed by atoms with Gasteiger partial charge in [0.1, 0.15) is 0 Å². The molecule has 0 aromatic rings. The van der Waals surface area contributed by atoms with E-state index in [1.165, 1.54) is 14.2 Å². The van der Waals surface area contributed by atoms with Gasteiger partial charge in [-0.2, -0.15) is 0 Å². The molecule has 0 aliphatic carbocycles. The fourth-order valence-corrected chi connectivity index (χ4v) is 0.782. The van der Waals surface area contributed by atoms with Gasteiger partial charge in [0.05, 0.1) is 27.1 Å². The summed E-state index contributed by atoms with van der Waals surface area (Å²) in [6.07, 6.45) is 2.00. The molecule has 0 aromatic heterocycles. The summed E-state index contributed by atoms with van der Waals surface area (Å²) >= 11 is 0. The molecule has 4 nitrogen and oxygen atoms in total. The van der Waals surface area contributed by atoms with Gasteiger partial charge >= 0.3 is 11.9 Å². The molecule has 13 heavy (non-hydrogen) atoms. The molecule has 0 unspecified atom stereocenters. The van der Waals surface area contributed by atoms with Gasteiger partial charge < -0.3 is 9.47 Å². The number of hydrogen-bond acceptors (Lipinski definition) is 4. The second-order valence-corrected chi connectivity index (χ2v) is 2.45. The van der Waals surface area contributed by atoms with E-state index in [4.69, 9.17) is 0 Å². The number of carbonyl (C=O) groups excluding carboxylic acids is 2. The van der Waals surface area contributed by atoms with E-state index in [0.717, 1.165) is 0 Å². The first-order valence-electron chi connectivity index (χ1n) is 3.91. The zero-order valence-corrected chi connectivity index (χ0v) is 8.12. The molecule has 4 heteroatoms. The first-order valence-corrected chi connectivity index (χ1v) is 3.91. The lowest BCUT2D eigenvalue weighted by atomic mass is 10.1. The minimum absolute atomic E-state index is 0.141. The Hall–Kier alpha value is -1.32. The lowest BCUT2D eigenvalue weighted by Gasteiger charge is -2.03. The monoisotopic (exact) mass is 186 g/mol. The van der Waals surface area contributed by atoms with Crippen LogP contribution in [-0.2, 0) is 19.1 Å². The maximum Gasteiger partial charge on any atom is 0.309 e. The fraction of sp³-hybridized carbons (Fsp3) is 0.556. The molecule has 0 rings (SSSR count). The molecule has 0 aromatic carbocycles. The van der Waals surface area contributed by atoms with Gasteiger partial charge in [-0.3, -0.25) is 9.59 Å². The molecule has 74 valence electrons. The standard InChI is InChI=1S/C9H14O4/c1-4-7(5-8(10)12-2)6-9(11)13-3/h4H,5-6H2,1-3H3. The minimum atomic E-state index is -0.350. The summed E-state index contributed by atoms with van der Waals surface area (Å²) < 4.78 is 8.93. The minimum Gasteiger partial charge on any atom is -0.469 e. The van der Waals surface area contributed by atoms with Crippen LogP contribution < -0.4 is 0 Å². The van der Waals surface area contributed by atoms with E-state index in [-0.39, 0.29) is 24.8 Å². The van der Waals surface area contributed by atoms with Crippen LogP contribution in [0.4, 0.5) is 0 Å². The van der Waals surface area contributed by atoms with Crippen molar-refractivity contribution in [3.8, 4) is 0 Å². The maximum absolute atomic E-state index is 10.8. The Balaban J connectivity index is 4.06. The highest BCUT2D eigenvalue weighted by Crippen LogP contribution is 2.08. The average molecular weight is 186 g/mol. The summed E-state index contributed by atoms with van der Waals surface area (Å²) in [5.74, 6) is -0.700. The van der Waals surface area contributed by atoms with Crippen molar-refractivity contribution in [2.24, 2.45) is 0 Å². The molecule has 0 saturated heterocycles. The first kappa shape index (κ1) is 11.7. The Bertz CT molecular complexity index is 198. The Labute approximate surface area is 77.5 Å². The van der Waals surface area contributed by atoms with Crippen LogP contribution in [0, 0.1) is 0 Å². The highest BCUT2D eigenvalue weighted by atomic mass is 16.5. The smallest absolute Gasteiger partial charge is 0.309 e. The molecule has 0 aliphatic rings. The summed E-state index contributed by atoms with van der Waals surface area (Å²) in [6.45, 7) is 1.77. The van der Waals surface area contributed by atoms with Crippen LogP contribution in [-0.4, -0.2) is 26.2 Å². The molecule has 0 radical (unpaired) electrons. The van der Waals surface area contributed by atoms with Crippen molar-refractivity contribution >= 4 is 11.9 Å². The lowest BCUT2D eigenvalue weighted by Crippen LogP contribution is -2.07. The van der Waals surface area contributed by atoms with Crippen molar-refractivity contribution in [1.29, 1.82) is 0 Å². The lowest BCUT2D eigenvalue weighted by molar-refractivity contribution is -0.140. The van der Waals surface area contributed by atoms with Gasteiger partial charge in [-0.05, 0) is 6.92 Å². The van der Waals surface area contributed by atoms with E-state index in [2.05, 4.69) is 9.47 Å². The van der Waals surface area contributed by atoms with Gasteiger partial charge in [0.25, 0.3) is 0 Å². The average Bonchev–Trinajstić information content (AvgIpc) is 2.16. The number of ether oxygens (including phenoxy) is 2. The van der Waals surface area contributed by atoms with Crippen molar-refractivity contribution in [1.82, 2.24) is 0 Å². The Morgan fingerprint density at radius 2 is 1.46 bits per heavy atom. The number of rotatable bonds is 4. The van der Waals surface area contributed by atoms with Crippen LogP contribution in [0.5, 0.6) is 0 Å². The molecule has 0 N–H and O–H groups in total. The molecule has 0 atom stereocenters. The number of methoxy groups -OCH3 is 2. The predicted octanol–water partition coefficient (Wildman–Crippen LogP) is 1.06. The van der Waals surface area contributed by atoms with E-state index in [1.54, 1.807) is 13.0 Å². The summed E-state index contributed by atoms with van der Waals surface area (Å²) in [5.41, 5.74) is 0.707. The molecule has 0 amide bonds. The summed E-state index contributed by atoms with van der Waals surface area (Å²) in [5, 5.41) is 0. The molecule has 0 saturated carbocycles. The van der Waals surface area contributed by atoms with E-state index in [0.29, 0.717) is 5.57 Å².